The Hall–Kier alpha value is -3.94. The SMILES string of the molecule is Cc1cccc(CNC(=O)[C@@]2(C)Cn3cnc(C(=O)N(C)Cc4ccccc4)c3C(=O)N2C2CC2)c1. The van der Waals surface area contributed by atoms with Crippen LogP contribution < -0.4 is 5.32 Å². The molecular weight excluding hydrogens is 454 g/mol. The summed E-state index contributed by atoms with van der Waals surface area (Å²) in [5.74, 6) is -0.840. The highest BCUT2D eigenvalue weighted by Gasteiger charge is 2.53. The van der Waals surface area contributed by atoms with E-state index in [4.69, 9.17) is 0 Å². The van der Waals surface area contributed by atoms with Crippen molar-refractivity contribution >= 4 is 17.7 Å². The molecular formula is C28H31N5O3. The van der Waals surface area contributed by atoms with Crippen molar-refractivity contribution in [2.75, 3.05) is 7.05 Å². The third kappa shape index (κ3) is 4.39. The third-order valence-corrected chi connectivity index (χ3v) is 7.02. The van der Waals surface area contributed by atoms with Crippen LogP contribution in [0.15, 0.2) is 60.9 Å². The molecule has 1 aromatic heterocycles. The number of fused-ring (bicyclic) bond motifs is 1. The smallest absolute Gasteiger partial charge is 0.274 e. The average molecular weight is 486 g/mol. The number of benzene rings is 2. The minimum absolute atomic E-state index is 0.0131. The molecule has 0 spiro atoms. The summed E-state index contributed by atoms with van der Waals surface area (Å²) in [4.78, 5) is 48.2. The first-order valence-corrected chi connectivity index (χ1v) is 12.3. The summed E-state index contributed by atoms with van der Waals surface area (Å²) >= 11 is 0. The van der Waals surface area contributed by atoms with Gasteiger partial charge in [0, 0.05) is 26.2 Å². The van der Waals surface area contributed by atoms with E-state index in [1.54, 1.807) is 28.3 Å². The number of imidazole rings is 1. The van der Waals surface area contributed by atoms with Gasteiger partial charge in [0.15, 0.2) is 5.69 Å². The van der Waals surface area contributed by atoms with Gasteiger partial charge in [-0.3, -0.25) is 14.4 Å². The highest BCUT2D eigenvalue weighted by Crippen LogP contribution is 2.39. The number of hydrogen-bond acceptors (Lipinski definition) is 4. The standard InChI is InChI=1S/C28H31N5O3/c1-19-8-7-11-21(14-19)15-29-27(36)28(2)17-32-18-30-23(24(32)26(35)33(28)22-12-13-22)25(34)31(3)16-20-9-5-4-6-10-20/h4-11,14,18,22H,12-13,15-17H2,1-3H3,(H,29,36)/t28-/m1/s1. The molecule has 0 saturated heterocycles. The van der Waals surface area contributed by atoms with E-state index in [0.717, 1.165) is 29.5 Å². The fraction of sp³-hybridized carbons (Fsp3) is 0.357. The molecule has 1 N–H and O–H groups in total. The number of carbonyl (C=O) groups excluding carboxylic acids is 3. The molecule has 1 aliphatic carbocycles. The molecule has 1 atom stereocenters. The van der Waals surface area contributed by atoms with Gasteiger partial charge in [0.1, 0.15) is 11.2 Å². The highest BCUT2D eigenvalue weighted by molar-refractivity contribution is 6.07. The van der Waals surface area contributed by atoms with Crippen LogP contribution in [0.3, 0.4) is 0 Å². The number of carbonyl (C=O) groups is 3. The van der Waals surface area contributed by atoms with Gasteiger partial charge in [-0.15, -0.1) is 0 Å². The molecule has 0 bridgehead atoms. The molecule has 8 nitrogen and oxygen atoms in total. The van der Waals surface area contributed by atoms with Crippen LogP contribution in [0.1, 0.15) is 57.4 Å². The Labute approximate surface area is 210 Å². The zero-order valence-electron chi connectivity index (χ0n) is 20.9. The monoisotopic (exact) mass is 485 g/mol. The first kappa shape index (κ1) is 23.8. The first-order valence-electron chi connectivity index (χ1n) is 12.3. The largest absolute Gasteiger partial charge is 0.350 e. The van der Waals surface area contributed by atoms with Gasteiger partial charge in [0.05, 0.1) is 12.9 Å². The van der Waals surface area contributed by atoms with E-state index in [1.165, 1.54) is 6.33 Å². The molecule has 8 heteroatoms. The van der Waals surface area contributed by atoms with E-state index >= 15 is 0 Å². The van der Waals surface area contributed by atoms with Crippen LogP contribution in [0.5, 0.6) is 0 Å². The molecule has 3 aromatic rings. The van der Waals surface area contributed by atoms with Crippen LogP contribution in [-0.4, -0.2) is 55.7 Å². The summed E-state index contributed by atoms with van der Waals surface area (Å²) < 4.78 is 1.66. The van der Waals surface area contributed by atoms with Crippen molar-refractivity contribution in [3.8, 4) is 0 Å². The van der Waals surface area contributed by atoms with E-state index in [1.807, 2.05) is 61.5 Å². The quantitative estimate of drug-likeness (QED) is 0.557. The van der Waals surface area contributed by atoms with Crippen molar-refractivity contribution in [3.05, 3.63) is 89.0 Å². The third-order valence-electron chi connectivity index (χ3n) is 7.02. The van der Waals surface area contributed by atoms with Crippen LogP contribution >= 0.6 is 0 Å². The molecule has 5 rings (SSSR count). The second kappa shape index (κ2) is 9.26. The number of aromatic nitrogens is 2. The molecule has 2 aliphatic rings. The Balaban J connectivity index is 1.39. The van der Waals surface area contributed by atoms with Crippen molar-refractivity contribution in [1.29, 1.82) is 0 Å². The van der Waals surface area contributed by atoms with Crippen molar-refractivity contribution < 1.29 is 14.4 Å². The Kier molecular flexibility index (Phi) is 6.12. The second-order valence-corrected chi connectivity index (χ2v) is 10.1. The van der Waals surface area contributed by atoms with Gasteiger partial charge >= 0.3 is 0 Å². The van der Waals surface area contributed by atoms with Crippen molar-refractivity contribution in [1.82, 2.24) is 24.7 Å². The summed E-state index contributed by atoms with van der Waals surface area (Å²) in [5, 5.41) is 3.03. The molecule has 36 heavy (non-hydrogen) atoms. The maximum Gasteiger partial charge on any atom is 0.274 e. The number of aryl methyl sites for hydroxylation is 1. The lowest BCUT2D eigenvalue weighted by molar-refractivity contribution is -0.133. The van der Waals surface area contributed by atoms with Crippen LogP contribution in [0.25, 0.3) is 0 Å². The molecule has 2 aromatic carbocycles. The average Bonchev–Trinajstić information content (AvgIpc) is 3.60. The summed E-state index contributed by atoms with van der Waals surface area (Å²) in [6, 6.07) is 17.6. The van der Waals surface area contributed by atoms with E-state index in [2.05, 4.69) is 10.3 Å². The van der Waals surface area contributed by atoms with Gasteiger partial charge in [-0.2, -0.15) is 0 Å². The van der Waals surface area contributed by atoms with Gasteiger partial charge in [0.2, 0.25) is 5.91 Å². The number of nitrogens with one attached hydrogen (secondary N) is 1. The van der Waals surface area contributed by atoms with Gasteiger partial charge in [-0.1, -0.05) is 60.2 Å². The lowest BCUT2D eigenvalue weighted by atomic mass is 9.93. The van der Waals surface area contributed by atoms with Gasteiger partial charge < -0.3 is 19.7 Å². The zero-order chi connectivity index (χ0) is 25.4. The van der Waals surface area contributed by atoms with Crippen LogP contribution in [-0.2, 0) is 24.4 Å². The summed E-state index contributed by atoms with van der Waals surface area (Å²) in [6.45, 7) is 4.85. The first-order chi connectivity index (χ1) is 17.3. The molecule has 2 heterocycles. The van der Waals surface area contributed by atoms with Crippen LogP contribution in [0, 0.1) is 6.92 Å². The number of amides is 3. The molecule has 0 radical (unpaired) electrons. The predicted octanol–water partition coefficient (Wildman–Crippen LogP) is 3.16. The molecule has 1 aliphatic heterocycles. The minimum Gasteiger partial charge on any atom is -0.350 e. The van der Waals surface area contributed by atoms with E-state index < -0.39 is 5.54 Å². The van der Waals surface area contributed by atoms with Gasteiger partial charge in [-0.25, -0.2) is 4.98 Å². The predicted molar refractivity (Wildman–Crippen MR) is 135 cm³/mol. The lowest BCUT2D eigenvalue weighted by Crippen LogP contribution is -2.64. The molecule has 0 unspecified atom stereocenters. The highest BCUT2D eigenvalue weighted by atomic mass is 16.2. The van der Waals surface area contributed by atoms with E-state index in [0.29, 0.717) is 13.1 Å². The maximum absolute atomic E-state index is 13.8. The van der Waals surface area contributed by atoms with Crippen LogP contribution in [0.2, 0.25) is 0 Å². The number of rotatable bonds is 7. The summed E-state index contributed by atoms with van der Waals surface area (Å²) in [7, 11) is 1.70. The van der Waals surface area contributed by atoms with Crippen molar-refractivity contribution in [2.24, 2.45) is 0 Å². The fourth-order valence-corrected chi connectivity index (χ4v) is 5.02. The van der Waals surface area contributed by atoms with Crippen LogP contribution in [0.4, 0.5) is 0 Å². The Bertz CT molecular complexity index is 1310. The Morgan fingerprint density at radius 1 is 1.11 bits per heavy atom. The van der Waals surface area contributed by atoms with E-state index in [-0.39, 0.29) is 41.7 Å². The topological polar surface area (TPSA) is 87.5 Å². The zero-order valence-corrected chi connectivity index (χ0v) is 20.9. The normalized spacial score (nSPS) is 19.1. The summed E-state index contributed by atoms with van der Waals surface area (Å²) in [6.07, 6.45) is 3.20. The minimum atomic E-state index is -1.08. The lowest BCUT2D eigenvalue weighted by Gasteiger charge is -2.44. The van der Waals surface area contributed by atoms with E-state index in [9.17, 15) is 14.4 Å². The fourth-order valence-electron chi connectivity index (χ4n) is 5.02. The van der Waals surface area contributed by atoms with Gasteiger partial charge in [-0.05, 0) is 37.8 Å². The Morgan fingerprint density at radius 3 is 2.53 bits per heavy atom. The molecule has 186 valence electrons. The Morgan fingerprint density at radius 2 is 1.83 bits per heavy atom. The maximum atomic E-state index is 13.8. The number of nitrogens with zero attached hydrogens (tertiary/aromatic N) is 4. The molecule has 1 fully saturated rings. The van der Waals surface area contributed by atoms with Gasteiger partial charge in [0.25, 0.3) is 11.8 Å². The molecule has 3 amide bonds. The number of hydrogen-bond donors (Lipinski definition) is 1. The summed E-state index contributed by atoms with van der Waals surface area (Å²) in [5.41, 5.74) is 2.43. The molecule has 1 saturated carbocycles. The second-order valence-electron chi connectivity index (χ2n) is 10.1. The van der Waals surface area contributed by atoms with Crippen molar-refractivity contribution in [3.63, 3.8) is 0 Å². The van der Waals surface area contributed by atoms with Crippen molar-refractivity contribution in [2.45, 2.75) is 57.9 Å².